The van der Waals surface area contributed by atoms with Gasteiger partial charge in [0.2, 0.25) is 0 Å². The zero-order valence-electron chi connectivity index (χ0n) is 15.2. The van der Waals surface area contributed by atoms with Crippen molar-refractivity contribution in [1.82, 2.24) is 0 Å². The molecule has 3 aliphatic rings. The maximum absolute atomic E-state index is 6.46. The van der Waals surface area contributed by atoms with Crippen molar-refractivity contribution in [3.63, 3.8) is 0 Å². The average Bonchev–Trinajstić information content (AvgIpc) is 2.85. The first-order valence-electron chi connectivity index (χ1n) is 9.56. The van der Waals surface area contributed by atoms with E-state index in [0.29, 0.717) is 0 Å². The van der Waals surface area contributed by atoms with Gasteiger partial charge in [-0.2, -0.15) is 0 Å². The first-order chi connectivity index (χ1) is 13.8. The molecule has 0 atom stereocenters. The second-order valence-corrected chi connectivity index (χ2v) is 8.23. The monoisotopic (exact) mass is 424 g/mol. The third-order valence-corrected chi connectivity index (χ3v) is 6.66. The Hall–Kier alpha value is -2.84. The number of para-hydroxylation sites is 1. The molecule has 3 aromatic rings. The van der Waals surface area contributed by atoms with Crippen LogP contribution in [0.25, 0.3) is 11.1 Å². The normalized spacial score (nSPS) is 17.5. The second-order valence-electron chi connectivity index (χ2n) is 7.38. The number of benzene rings is 3. The highest BCUT2D eigenvalue weighted by atomic mass is 79.9. The molecule has 0 saturated carbocycles. The fraction of sp³-hybridized carbons (Fsp3) is 0.0769. The number of halogens is 1. The summed E-state index contributed by atoms with van der Waals surface area (Å²) in [5, 5.41) is 0. The Morgan fingerprint density at radius 1 is 0.714 bits per heavy atom. The molecule has 0 radical (unpaired) electrons. The molecular formula is C26H17BrO. The second kappa shape index (κ2) is 5.83. The third kappa shape index (κ3) is 1.91. The van der Waals surface area contributed by atoms with Gasteiger partial charge in [0.25, 0.3) is 0 Å². The molecular weight excluding hydrogens is 408 g/mol. The third-order valence-electron chi connectivity index (χ3n) is 6.03. The predicted molar refractivity (Wildman–Crippen MR) is 116 cm³/mol. The van der Waals surface area contributed by atoms with Crippen LogP contribution in [0.3, 0.4) is 0 Å². The zero-order valence-corrected chi connectivity index (χ0v) is 16.7. The molecule has 0 bridgehead atoms. The molecule has 2 heteroatoms. The SMILES string of the molecule is Brc1cccc2c1OC1=C(C=CCC=C1)C21c2ccccc2-c2ccccc21. The lowest BCUT2D eigenvalue weighted by molar-refractivity contribution is 0.400. The van der Waals surface area contributed by atoms with Gasteiger partial charge >= 0.3 is 0 Å². The maximum Gasteiger partial charge on any atom is 0.146 e. The number of allylic oxidation sites excluding steroid dienone is 5. The van der Waals surface area contributed by atoms with Crippen LogP contribution < -0.4 is 4.74 Å². The predicted octanol–water partition coefficient (Wildman–Crippen LogP) is 6.93. The minimum Gasteiger partial charge on any atom is -0.455 e. The summed E-state index contributed by atoms with van der Waals surface area (Å²) in [5.41, 5.74) is 7.30. The van der Waals surface area contributed by atoms with Crippen molar-refractivity contribution in [2.45, 2.75) is 11.8 Å². The topological polar surface area (TPSA) is 9.23 Å². The molecule has 1 spiro atoms. The Morgan fingerprint density at radius 3 is 2.11 bits per heavy atom. The summed E-state index contributed by atoms with van der Waals surface area (Å²) in [6, 6.07) is 24.0. The summed E-state index contributed by atoms with van der Waals surface area (Å²) in [5.74, 6) is 1.84. The lowest BCUT2D eigenvalue weighted by Crippen LogP contribution is -2.34. The molecule has 0 fully saturated rings. The van der Waals surface area contributed by atoms with Crippen LogP contribution in [0.5, 0.6) is 5.75 Å². The van der Waals surface area contributed by atoms with Gasteiger partial charge in [0.15, 0.2) is 0 Å². The Balaban J connectivity index is 1.85. The van der Waals surface area contributed by atoms with Gasteiger partial charge in [0, 0.05) is 11.1 Å². The maximum atomic E-state index is 6.46. The van der Waals surface area contributed by atoms with E-state index < -0.39 is 0 Å². The van der Waals surface area contributed by atoms with Gasteiger partial charge in [0.05, 0.1) is 9.89 Å². The van der Waals surface area contributed by atoms with Gasteiger partial charge in [0.1, 0.15) is 11.5 Å². The number of rotatable bonds is 0. The van der Waals surface area contributed by atoms with Crippen LogP contribution in [-0.4, -0.2) is 0 Å². The molecule has 0 amide bonds. The molecule has 6 rings (SSSR count). The number of hydrogen-bond donors (Lipinski definition) is 0. The molecule has 1 aliphatic heterocycles. The molecule has 0 saturated heterocycles. The van der Waals surface area contributed by atoms with Gasteiger partial charge in [-0.25, -0.2) is 0 Å². The van der Waals surface area contributed by atoms with E-state index in [1.807, 2.05) is 0 Å². The van der Waals surface area contributed by atoms with Crippen LogP contribution in [0.4, 0.5) is 0 Å². The number of hydrogen-bond acceptors (Lipinski definition) is 1. The first-order valence-corrected chi connectivity index (χ1v) is 10.3. The Kier molecular flexibility index (Phi) is 3.36. The van der Waals surface area contributed by atoms with Crippen molar-refractivity contribution in [2.24, 2.45) is 0 Å². The number of fused-ring (bicyclic) bond motifs is 8. The first kappa shape index (κ1) is 16.1. The molecule has 0 N–H and O–H groups in total. The average molecular weight is 425 g/mol. The van der Waals surface area contributed by atoms with E-state index in [1.54, 1.807) is 0 Å². The van der Waals surface area contributed by atoms with E-state index in [2.05, 4.69) is 107 Å². The van der Waals surface area contributed by atoms with Crippen LogP contribution in [-0.2, 0) is 5.41 Å². The lowest BCUT2D eigenvalue weighted by Gasteiger charge is -2.40. The summed E-state index contributed by atoms with van der Waals surface area (Å²) < 4.78 is 7.44. The lowest BCUT2D eigenvalue weighted by atomic mass is 9.65. The summed E-state index contributed by atoms with van der Waals surface area (Å²) in [6.07, 6.45) is 9.70. The van der Waals surface area contributed by atoms with Crippen LogP contribution in [0.15, 0.2) is 107 Å². The summed E-state index contributed by atoms with van der Waals surface area (Å²) in [4.78, 5) is 0. The molecule has 0 unspecified atom stereocenters. The zero-order chi connectivity index (χ0) is 18.7. The minimum atomic E-state index is -0.370. The highest BCUT2D eigenvalue weighted by Gasteiger charge is 2.51. The van der Waals surface area contributed by atoms with Crippen molar-refractivity contribution in [3.8, 4) is 16.9 Å². The summed E-state index contributed by atoms with van der Waals surface area (Å²) >= 11 is 3.74. The Labute approximate surface area is 172 Å². The van der Waals surface area contributed by atoms with Crippen molar-refractivity contribution in [1.29, 1.82) is 0 Å². The van der Waals surface area contributed by atoms with Crippen molar-refractivity contribution in [3.05, 3.63) is 124 Å². The Bertz CT molecular complexity index is 1180. The van der Waals surface area contributed by atoms with Crippen molar-refractivity contribution in [2.75, 3.05) is 0 Å². The van der Waals surface area contributed by atoms with E-state index in [9.17, 15) is 0 Å². The Morgan fingerprint density at radius 2 is 1.36 bits per heavy atom. The molecule has 28 heavy (non-hydrogen) atoms. The fourth-order valence-electron chi connectivity index (χ4n) is 4.99. The van der Waals surface area contributed by atoms with Crippen LogP contribution in [0.1, 0.15) is 23.1 Å². The van der Waals surface area contributed by atoms with E-state index in [4.69, 9.17) is 4.74 Å². The largest absolute Gasteiger partial charge is 0.455 e. The quantitative estimate of drug-likeness (QED) is 0.380. The van der Waals surface area contributed by atoms with Gasteiger partial charge in [-0.3, -0.25) is 0 Å². The van der Waals surface area contributed by atoms with E-state index in [-0.39, 0.29) is 5.41 Å². The van der Waals surface area contributed by atoms with Gasteiger partial charge in [-0.15, -0.1) is 0 Å². The van der Waals surface area contributed by atoms with Gasteiger partial charge in [-0.1, -0.05) is 78.9 Å². The summed E-state index contributed by atoms with van der Waals surface area (Å²) in [7, 11) is 0. The standard InChI is InChI=1S/C26H17BrO/c27-23-15-8-14-22-25(23)28-24-16-3-1-2-13-21(24)26(22)19-11-6-4-9-17(19)18-10-5-7-12-20(18)26/h2-16H,1H2. The highest BCUT2D eigenvalue weighted by Crippen LogP contribution is 2.61. The van der Waals surface area contributed by atoms with E-state index >= 15 is 0 Å². The number of ether oxygens (including phenoxy) is 1. The van der Waals surface area contributed by atoms with E-state index in [0.717, 1.165) is 22.4 Å². The smallest absolute Gasteiger partial charge is 0.146 e. The van der Waals surface area contributed by atoms with Gasteiger partial charge < -0.3 is 4.74 Å². The van der Waals surface area contributed by atoms with E-state index in [1.165, 1.54) is 33.4 Å². The molecule has 1 heterocycles. The van der Waals surface area contributed by atoms with Crippen molar-refractivity contribution < 1.29 is 4.74 Å². The minimum absolute atomic E-state index is 0.370. The van der Waals surface area contributed by atoms with Crippen molar-refractivity contribution >= 4 is 15.9 Å². The van der Waals surface area contributed by atoms with Crippen LogP contribution >= 0.6 is 15.9 Å². The molecule has 3 aromatic carbocycles. The fourth-order valence-corrected chi connectivity index (χ4v) is 5.44. The van der Waals surface area contributed by atoms with Crippen LogP contribution in [0, 0.1) is 0 Å². The van der Waals surface area contributed by atoms with Crippen LogP contribution in [0.2, 0.25) is 0 Å². The molecule has 0 aromatic heterocycles. The summed E-state index contributed by atoms with van der Waals surface area (Å²) in [6.45, 7) is 0. The highest BCUT2D eigenvalue weighted by molar-refractivity contribution is 9.10. The molecule has 1 nitrogen and oxygen atoms in total. The van der Waals surface area contributed by atoms with Gasteiger partial charge in [-0.05, 0) is 56.7 Å². The molecule has 2 aliphatic carbocycles. The molecule has 134 valence electrons.